The predicted molar refractivity (Wildman–Crippen MR) is 76.8 cm³/mol. The Kier molecular flexibility index (Phi) is 3.59. The summed E-state index contributed by atoms with van der Waals surface area (Å²) in [4.78, 5) is 14.7. The lowest BCUT2D eigenvalue weighted by Crippen LogP contribution is -2.51. The first-order chi connectivity index (χ1) is 9.06. The van der Waals surface area contributed by atoms with Crippen molar-refractivity contribution < 1.29 is 4.79 Å². The van der Waals surface area contributed by atoms with Crippen LogP contribution in [-0.4, -0.2) is 37.0 Å². The Labute approximate surface area is 117 Å². The summed E-state index contributed by atoms with van der Waals surface area (Å²) < 4.78 is 0. The number of piperidine rings is 1. The summed E-state index contributed by atoms with van der Waals surface area (Å²) in [6.07, 6.45) is 8.56. The molecular formula is C16H28N2O. The van der Waals surface area contributed by atoms with Gasteiger partial charge in [-0.1, -0.05) is 6.92 Å². The quantitative estimate of drug-likeness (QED) is 0.830. The lowest BCUT2D eigenvalue weighted by Gasteiger charge is -2.51. The van der Waals surface area contributed by atoms with Gasteiger partial charge in [-0.2, -0.15) is 0 Å². The predicted octanol–water partition coefficient (Wildman–Crippen LogP) is 2.41. The van der Waals surface area contributed by atoms with Crippen LogP contribution in [0.25, 0.3) is 0 Å². The zero-order chi connectivity index (χ0) is 13.5. The van der Waals surface area contributed by atoms with Crippen LogP contribution in [0.15, 0.2) is 0 Å². The maximum Gasteiger partial charge on any atom is 0.223 e. The molecule has 3 aliphatic rings. The molecule has 2 unspecified atom stereocenters. The Morgan fingerprint density at radius 1 is 1.21 bits per heavy atom. The van der Waals surface area contributed by atoms with Crippen molar-refractivity contribution in [3.05, 3.63) is 0 Å². The van der Waals surface area contributed by atoms with E-state index in [1.54, 1.807) is 0 Å². The number of amides is 1. The highest BCUT2D eigenvalue weighted by atomic mass is 16.2. The molecule has 0 aromatic rings. The maximum atomic E-state index is 12.3. The van der Waals surface area contributed by atoms with E-state index in [2.05, 4.69) is 24.2 Å². The Morgan fingerprint density at radius 3 is 2.47 bits per heavy atom. The van der Waals surface area contributed by atoms with Crippen molar-refractivity contribution in [1.29, 1.82) is 0 Å². The van der Waals surface area contributed by atoms with Gasteiger partial charge in [0.25, 0.3) is 0 Å². The van der Waals surface area contributed by atoms with Crippen LogP contribution in [-0.2, 0) is 4.79 Å². The van der Waals surface area contributed by atoms with Crippen LogP contribution in [0.4, 0.5) is 0 Å². The van der Waals surface area contributed by atoms with Crippen LogP contribution in [0.1, 0.15) is 51.9 Å². The van der Waals surface area contributed by atoms with Crippen molar-refractivity contribution in [1.82, 2.24) is 10.2 Å². The summed E-state index contributed by atoms with van der Waals surface area (Å²) >= 11 is 0. The van der Waals surface area contributed by atoms with Crippen molar-refractivity contribution in [3.63, 3.8) is 0 Å². The zero-order valence-corrected chi connectivity index (χ0v) is 12.5. The molecule has 1 aliphatic heterocycles. The van der Waals surface area contributed by atoms with E-state index < -0.39 is 0 Å². The molecule has 1 amide bonds. The van der Waals surface area contributed by atoms with Crippen molar-refractivity contribution in [2.24, 2.45) is 17.3 Å². The van der Waals surface area contributed by atoms with Crippen LogP contribution >= 0.6 is 0 Å². The molecule has 0 radical (unpaired) electrons. The van der Waals surface area contributed by atoms with E-state index >= 15 is 0 Å². The largest absolute Gasteiger partial charge is 0.353 e. The summed E-state index contributed by atoms with van der Waals surface area (Å²) in [5.41, 5.74) is 0.525. The van der Waals surface area contributed by atoms with Gasteiger partial charge < -0.3 is 10.2 Å². The lowest BCUT2D eigenvalue weighted by atomic mass is 9.57. The first kappa shape index (κ1) is 13.4. The van der Waals surface area contributed by atoms with Crippen molar-refractivity contribution >= 4 is 5.91 Å². The highest BCUT2D eigenvalue weighted by molar-refractivity contribution is 5.80. The minimum Gasteiger partial charge on any atom is -0.353 e. The fourth-order valence-corrected chi connectivity index (χ4v) is 4.33. The minimum absolute atomic E-state index is 0.319. The third-order valence-electron chi connectivity index (χ3n) is 5.82. The topological polar surface area (TPSA) is 32.3 Å². The van der Waals surface area contributed by atoms with Gasteiger partial charge in [0.1, 0.15) is 0 Å². The van der Waals surface area contributed by atoms with Crippen LogP contribution in [0.5, 0.6) is 0 Å². The third-order valence-corrected chi connectivity index (χ3v) is 5.82. The van der Waals surface area contributed by atoms with Gasteiger partial charge in [-0.05, 0) is 76.4 Å². The van der Waals surface area contributed by atoms with Gasteiger partial charge >= 0.3 is 0 Å². The normalized spacial score (nSPS) is 35.3. The number of hydrogen-bond acceptors (Lipinski definition) is 2. The van der Waals surface area contributed by atoms with Gasteiger partial charge in [0.2, 0.25) is 5.91 Å². The van der Waals surface area contributed by atoms with Gasteiger partial charge in [0.05, 0.1) is 0 Å². The number of hydrogen-bond donors (Lipinski definition) is 1. The fourth-order valence-electron chi connectivity index (χ4n) is 4.33. The van der Waals surface area contributed by atoms with Gasteiger partial charge in [0.15, 0.2) is 0 Å². The molecule has 1 saturated heterocycles. The Hall–Kier alpha value is -0.570. The molecule has 1 N–H and O–H groups in total. The Bertz CT molecular complexity index is 339. The highest BCUT2D eigenvalue weighted by Crippen LogP contribution is 2.52. The third kappa shape index (κ3) is 2.81. The second-order valence-corrected chi connectivity index (χ2v) is 7.53. The molecule has 3 fully saturated rings. The molecule has 3 heteroatoms. The number of nitrogens with zero attached hydrogens (tertiary/aromatic N) is 1. The molecule has 3 rings (SSSR count). The van der Waals surface area contributed by atoms with E-state index in [0.29, 0.717) is 23.3 Å². The molecule has 1 heterocycles. The smallest absolute Gasteiger partial charge is 0.223 e. The molecule has 108 valence electrons. The summed E-state index contributed by atoms with van der Waals surface area (Å²) in [5, 5.41) is 3.29. The van der Waals surface area contributed by atoms with Crippen LogP contribution in [0, 0.1) is 17.3 Å². The zero-order valence-electron chi connectivity index (χ0n) is 12.5. The lowest BCUT2D eigenvalue weighted by molar-refractivity contribution is -0.135. The number of rotatable bonds is 2. The van der Waals surface area contributed by atoms with Gasteiger partial charge in [0, 0.05) is 12.0 Å². The second-order valence-electron chi connectivity index (χ2n) is 7.53. The highest BCUT2D eigenvalue weighted by Gasteiger charge is 2.48. The van der Waals surface area contributed by atoms with E-state index in [1.807, 2.05) is 0 Å². The number of likely N-dealkylation sites (tertiary alicyclic amines) is 1. The summed E-state index contributed by atoms with van der Waals surface area (Å²) in [5.74, 6) is 1.47. The summed E-state index contributed by atoms with van der Waals surface area (Å²) in [7, 11) is 2.21. The second kappa shape index (κ2) is 5.08. The fraction of sp³-hybridized carbons (Fsp3) is 0.938. The first-order valence-electron chi connectivity index (χ1n) is 8.05. The molecule has 3 nitrogen and oxygen atoms in total. The SMILES string of the molecule is CC1CCC(NC(=O)C2CC3(CCN(C)CC3)C2)C1. The molecule has 2 saturated carbocycles. The van der Waals surface area contributed by atoms with Crippen LogP contribution < -0.4 is 5.32 Å². The molecule has 2 aliphatic carbocycles. The molecule has 0 aromatic heterocycles. The van der Waals surface area contributed by atoms with E-state index in [0.717, 1.165) is 18.8 Å². The molecule has 0 aromatic carbocycles. The monoisotopic (exact) mass is 264 g/mol. The van der Waals surface area contributed by atoms with Crippen LogP contribution in [0.2, 0.25) is 0 Å². The van der Waals surface area contributed by atoms with Crippen molar-refractivity contribution in [3.8, 4) is 0 Å². The van der Waals surface area contributed by atoms with Crippen molar-refractivity contribution in [2.75, 3.05) is 20.1 Å². The van der Waals surface area contributed by atoms with E-state index in [4.69, 9.17) is 0 Å². The summed E-state index contributed by atoms with van der Waals surface area (Å²) in [6.45, 7) is 4.73. The van der Waals surface area contributed by atoms with Gasteiger partial charge in [-0.3, -0.25) is 4.79 Å². The molecule has 1 spiro atoms. The van der Waals surface area contributed by atoms with Crippen LogP contribution in [0.3, 0.4) is 0 Å². The van der Waals surface area contributed by atoms with E-state index in [1.165, 1.54) is 45.2 Å². The average molecular weight is 264 g/mol. The van der Waals surface area contributed by atoms with E-state index in [9.17, 15) is 4.79 Å². The van der Waals surface area contributed by atoms with Gasteiger partial charge in [-0.15, -0.1) is 0 Å². The molecule has 0 bridgehead atoms. The molecule has 2 atom stereocenters. The Balaban J connectivity index is 1.44. The average Bonchev–Trinajstić information content (AvgIpc) is 2.73. The number of carbonyl (C=O) groups is 1. The first-order valence-corrected chi connectivity index (χ1v) is 8.05. The molecule has 19 heavy (non-hydrogen) atoms. The molecular weight excluding hydrogens is 236 g/mol. The number of nitrogens with one attached hydrogen (secondary N) is 1. The Morgan fingerprint density at radius 2 is 1.89 bits per heavy atom. The van der Waals surface area contributed by atoms with E-state index in [-0.39, 0.29) is 0 Å². The van der Waals surface area contributed by atoms with Crippen molar-refractivity contribution in [2.45, 2.75) is 57.9 Å². The van der Waals surface area contributed by atoms with Gasteiger partial charge in [-0.25, -0.2) is 0 Å². The summed E-state index contributed by atoms with van der Waals surface area (Å²) in [6, 6.07) is 0.469. The maximum absolute atomic E-state index is 12.3. The number of carbonyl (C=O) groups excluding carboxylic acids is 1. The minimum atomic E-state index is 0.319. The standard InChI is InChI=1S/C16H28N2O/c1-12-3-4-14(9-12)17-15(19)13-10-16(11-13)5-7-18(2)8-6-16/h12-14H,3-11H2,1-2H3,(H,17,19).